The second-order valence-corrected chi connectivity index (χ2v) is 8.65. The highest BCUT2D eigenvalue weighted by atomic mass is 19.3. The van der Waals surface area contributed by atoms with Crippen LogP contribution in [0.2, 0.25) is 0 Å². The molecular formula is C26H21F2N7O2. The second-order valence-electron chi connectivity index (χ2n) is 8.65. The summed E-state index contributed by atoms with van der Waals surface area (Å²) in [6.07, 6.45) is 3.74. The van der Waals surface area contributed by atoms with E-state index in [4.69, 9.17) is 5.26 Å². The third-order valence-electron chi connectivity index (χ3n) is 6.25. The van der Waals surface area contributed by atoms with Crippen molar-refractivity contribution < 1.29 is 18.4 Å². The molecule has 1 fully saturated rings. The normalized spacial score (nSPS) is 19.2. The van der Waals surface area contributed by atoms with Crippen LogP contribution in [0.15, 0.2) is 78.9 Å². The predicted octanol–water partition coefficient (Wildman–Crippen LogP) is 3.14. The Morgan fingerprint density at radius 2 is 1.95 bits per heavy atom. The highest BCUT2D eigenvalue weighted by molar-refractivity contribution is 6.05. The number of halogens is 2. The van der Waals surface area contributed by atoms with Crippen LogP contribution in [0.1, 0.15) is 23.7 Å². The van der Waals surface area contributed by atoms with Gasteiger partial charge in [0.15, 0.2) is 5.82 Å². The van der Waals surface area contributed by atoms with Crippen molar-refractivity contribution in [1.29, 1.82) is 5.26 Å². The fourth-order valence-corrected chi connectivity index (χ4v) is 4.42. The van der Waals surface area contributed by atoms with Gasteiger partial charge < -0.3 is 10.3 Å². The quantitative estimate of drug-likeness (QED) is 0.552. The van der Waals surface area contributed by atoms with Gasteiger partial charge in [-0.05, 0) is 25.1 Å². The number of anilines is 2. The van der Waals surface area contributed by atoms with Crippen molar-refractivity contribution in [3.05, 3.63) is 95.7 Å². The molecule has 2 amide bonds. The monoisotopic (exact) mass is 501 g/mol. The first kappa shape index (κ1) is 24.0. The molecule has 9 nitrogen and oxygen atoms in total. The fourth-order valence-electron chi connectivity index (χ4n) is 4.42. The molecule has 2 atom stereocenters. The van der Waals surface area contributed by atoms with Gasteiger partial charge in [0.1, 0.15) is 11.7 Å². The number of hydrogen-bond acceptors (Lipinski definition) is 7. The Bertz CT molecular complexity index is 1420. The van der Waals surface area contributed by atoms with Crippen LogP contribution < -0.4 is 15.6 Å². The van der Waals surface area contributed by atoms with Crippen LogP contribution in [0.3, 0.4) is 0 Å². The van der Waals surface area contributed by atoms with Crippen molar-refractivity contribution in [3.8, 4) is 6.07 Å². The van der Waals surface area contributed by atoms with Crippen LogP contribution in [0.4, 0.5) is 20.3 Å². The van der Waals surface area contributed by atoms with Gasteiger partial charge in [-0.2, -0.15) is 14.0 Å². The molecule has 2 aliphatic heterocycles. The van der Waals surface area contributed by atoms with Crippen LogP contribution in [-0.4, -0.2) is 39.4 Å². The fraction of sp³-hybridized carbons (Fsp3) is 0.192. The molecule has 0 saturated carbocycles. The van der Waals surface area contributed by atoms with Crippen molar-refractivity contribution >= 4 is 23.3 Å². The molecule has 37 heavy (non-hydrogen) atoms. The van der Waals surface area contributed by atoms with Crippen molar-refractivity contribution in [2.45, 2.75) is 18.9 Å². The molecule has 1 aromatic heterocycles. The van der Waals surface area contributed by atoms with E-state index in [9.17, 15) is 18.4 Å². The highest BCUT2D eigenvalue weighted by Crippen LogP contribution is 2.35. The number of nitrogens with one attached hydrogen (secondary N) is 2. The molecule has 0 aliphatic carbocycles. The molecular weight excluding hydrogens is 480 g/mol. The minimum Gasteiger partial charge on any atom is -0.326 e. The number of carbonyl (C=O) groups excluding carboxylic acids is 2. The largest absolute Gasteiger partial charge is 0.326 e. The molecule has 3 aromatic rings. The number of benzene rings is 2. The van der Waals surface area contributed by atoms with Crippen molar-refractivity contribution in [1.82, 2.24) is 20.4 Å². The second kappa shape index (κ2) is 9.40. The van der Waals surface area contributed by atoms with E-state index < -0.39 is 35.4 Å². The average Bonchev–Trinajstić information content (AvgIpc) is 3.34. The number of aromatic nitrogens is 2. The standard InChI is InChI=1S/C26H21F2N7O2/c1-16-15-34-23(20(12-32-34)24(36)33-19-9-5-6-17(10-19)11-29)25(37)35(16)22-14-30-21(13-31-22)26(27,28)18-7-3-2-4-8-18/h2-10,13-15,20,23,32H,12H2,1H3,(H,33,36)/t20-,23?/m0/s1. The Morgan fingerprint density at radius 3 is 2.65 bits per heavy atom. The molecule has 0 bridgehead atoms. The van der Waals surface area contributed by atoms with E-state index in [1.165, 1.54) is 29.2 Å². The molecule has 2 aliphatic rings. The lowest BCUT2D eigenvalue weighted by molar-refractivity contribution is -0.129. The lowest BCUT2D eigenvalue weighted by atomic mass is 9.97. The number of carbonyl (C=O) groups is 2. The van der Waals surface area contributed by atoms with Crippen LogP contribution in [0.5, 0.6) is 0 Å². The maximum absolute atomic E-state index is 14.9. The number of alkyl halides is 2. The Labute approximate surface area is 211 Å². The highest BCUT2D eigenvalue weighted by Gasteiger charge is 2.48. The Kier molecular flexibility index (Phi) is 6.11. The molecule has 5 rings (SSSR count). The molecule has 1 saturated heterocycles. The molecule has 0 spiro atoms. The van der Waals surface area contributed by atoms with Crippen molar-refractivity contribution in [3.63, 3.8) is 0 Å². The Morgan fingerprint density at radius 1 is 1.16 bits per heavy atom. The van der Waals surface area contributed by atoms with Gasteiger partial charge >= 0.3 is 5.92 Å². The zero-order valence-electron chi connectivity index (χ0n) is 19.6. The summed E-state index contributed by atoms with van der Waals surface area (Å²) in [6.45, 7) is 1.87. The van der Waals surface area contributed by atoms with Crippen LogP contribution in [-0.2, 0) is 15.5 Å². The molecule has 2 N–H and O–H groups in total. The van der Waals surface area contributed by atoms with E-state index in [1.54, 1.807) is 48.5 Å². The van der Waals surface area contributed by atoms with Crippen molar-refractivity contribution in [2.24, 2.45) is 5.92 Å². The number of allylic oxidation sites excluding steroid dienone is 1. The number of hydrogen-bond donors (Lipinski definition) is 2. The number of fused-ring (bicyclic) bond motifs is 1. The van der Waals surface area contributed by atoms with E-state index in [0.717, 1.165) is 12.4 Å². The lowest BCUT2D eigenvalue weighted by Crippen LogP contribution is -2.53. The van der Waals surface area contributed by atoms with Gasteiger partial charge in [0, 0.05) is 29.7 Å². The number of hydrazine groups is 1. The topological polar surface area (TPSA) is 114 Å². The lowest BCUT2D eigenvalue weighted by Gasteiger charge is -2.36. The summed E-state index contributed by atoms with van der Waals surface area (Å²) < 4.78 is 29.8. The molecule has 3 heterocycles. The molecule has 1 unspecified atom stereocenters. The summed E-state index contributed by atoms with van der Waals surface area (Å²) in [7, 11) is 0. The third-order valence-corrected chi connectivity index (χ3v) is 6.25. The number of nitrogens with zero attached hydrogens (tertiary/aromatic N) is 5. The third kappa shape index (κ3) is 4.39. The van der Waals surface area contributed by atoms with Crippen molar-refractivity contribution in [2.75, 3.05) is 16.8 Å². The summed E-state index contributed by atoms with van der Waals surface area (Å²) in [4.78, 5) is 35.9. The first-order valence-corrected chi connectivity index (χ1v) is 11.4. The molecule has 0 radical (unpaired) electrons. The SMILES string of the molecule is CC1=CN2NC[C@H](C(=O)Nc3cccc(C#N)c3)C2C(=O)N1c1cnc(C(F)(F)c2ccccc2)cn1. The maximum atomic E-state index is 14.9. The van der Waals surface area contributed by atoms with E-state index >= 15 is 0 Å². The van der Waals surface area contributed by atoms with Crippen LogP contribution in [0.25, 0.3) is 0 Å². The number of rotatable bonds is 5. The van der Waals surface area contributed by atoms with Gasteiger partial charge in [-0.25, -0.2) is 15.4 Å². The summed E-state index contributed by atoms with van der Waals surface area (Å²) in [5.74, 6) is -4.91. The van der Waals surface area contributed by atoms with E-state index in [2.05, 4.69) is 20.7 Å². The first-order chi connectivity index (χ1) is 17.8. The van der Waals surface area contributed by atoms with Gasteiger partial charge in [-0.3, -0.25) is 14.5 Å². The summed E-state index contributed by atoms with van der Waals surface area (Å²) in [5, 5.41) is 13.4. The van der Waals surface area contributed by atoms with Gasteiger partial charge in [0.25, 0.3) is 5.91 Å². The maximum Gasteiger partial charge on any atom is 0.316 e. The van der Waals surface area contributed by atoms with Gasteiger partial charge in [-0.1, -0.05) is 36.4 Å². The average molecular weight is 501 g/mol. The first-order valence-electron chi connectivity index (χ1n) is 11.4. The summed E-state index contributed by atoms with van der Waals surface area (Å²) >= 11 is 0. The van der Waals surface area contributed by atoms with Crippen LogP contribution >= 0.6 is 0 Å². The number of amides is 2. The Hall–Kier alpha value is -4.69. The van der Waals surface area contributed by atoms with Gasteiger partial charge in [0.2, 0.25) is 5.91 Å². The van der Waals surface area contributed by atoms with Gasteiger partial charge in [-0.15, -0.1) is 0 Å². The van der Waals surface area contributed by atoms with E-state index in [0.29, 0.717) is 16.9 Å². The summed E-state index contributed by atoms with van der Waals surface area (Å²) in [5.41, 5.74) is 3.58. The van der Waals surface area contributed by atoms with E-state index in [-0.39, 0.29) is 17.9 Å². The smallest absolute Gasteiger partial charge is 0.316 e. The molecule has 186 valence electrons. The molecule has 11 heteroatoms. The minimum atomic E-state index is -3.36. The zero-order valence-corrected chi connectivity index (χ0v) is 19.6. The Balaban J connectivity index is 1.38. The minimum absolute atomic E-state index is 0.0683. The van der Waals surface area contributed by atoms with E-state index in [1.807, 2.05) is 6.07 Å². The molecule has 2 aromatic carbocycles. The predicted molar refractivity (Wildman–Crippen MR) is 130 cm³/mol. The zero-order chi connectivity index (χ0) is 26.2. The number of nitriles is 1. The van der Waals surface area contributed by atoms with Crippen LogP contribution in [0, 0.1) is 17.2 Å². The summed E-state index contributed by atoms with van der Waals surface area (Å²) in [6, 6.07) is 14.9. The van der Waals surface area contributed by atoms with Gasteiger partial charge in [0.05, 0.1) is 29.9 Å².